The zero-order valence-electron chi connectivity index (χ0n) is 39.1. The minimum absolute atomic E-state index is 0.0108. The molecule has 0 N–H and O–H groups in total. The number of fused-ring (bicyclic) bond motifs is 1. The highest BCUT2D eigenvalue weighted by atomic mass is 32.2. The standard InChI is InChI=1S/C26H37O2PSSi.C24H46O2Si/c1-21-19-23(20-22(2)26(21,30-3)28-31(4,5)6)17-18-29(27,24-13-9-7-10-14-24)25-15-11-8-12-16-25;1-8-27(9-2,10-3)26-23(5,6)17-11-13-19(4)20-15-16-21-22(25)14-12-18-24(20,21)7/h7-17,21-22H,18-20H2,1-6H3;19-21H,8-18H2,1-7H3/t21-,22-,26?;19-,20?,21?,24+/m10/s1. The Hall–Kier alpha value is -1.22. The third-order valence-corrected chi connectivity index (χ3v) is 25.2. The maximum Gasteiger partial charge on any atom is 0.192 e. The maximum absolute atomic E-state index is 14.3. The Balaban J connectivity index is 0.000000259. The van der Waals surface area contributed by atoms with Crippen LogP contribution in [0.3, 0.4) is 0 Å². The van der Waals surface area contributed by atoms with E-state index in [2.05, 4.69) is 94.3 Å². The van der Waals surface area contributed by atoms with Crippen LogP contribution in [0.15, 0.2) is 72.3 Å². The minimum Gasteiger partial charge on any atom is -0.412 e. The second-order valence-corrected chi connectivity index (χ2v) is 33.4. The Morgan fingerprint density at radius 1 is 0.914 bits per heavy atom. The molecule has 2 unspecified atom stereocenters. The van der Waals surface area contributed by atoms with Gasteiger partial charge in [-0.1, -0.05) is 134 Å². The molecule has 326 valence electrons. The zero-order valence-corrected chi connectivity index (χ0v) is 42.8. The number of benzene rings is 2. The molecule has 2 aromatic rings. The lowest BCUT2D eigenvalue weighted by molar-refractivity contribution is -0.130. The maximum atomic E-state index is 14.3. The highest BCUT2D eigenvalue weighted by Crippen LogP contribution is 2.57. The first kappa shape index (κ1) is 49.4. The fraction of sp³-hybridized carbons (Fsp3) is 0.700. The van der Waals surface area contributed by atoms with Crippen LogP contribution in [0.1, 0.15) is 127 Å². The van der Waals surface area contributed by atoms with E-state index >= 15 is 0 Å². The zero-order chi connectivity index (χ0) is 43.0. The van der Waals surface area contributed by atoms with Gasteiger partial charge in [-0.2, -0.15) is 0 Å². The number of ketones is 1. The second-order valence-electron chi connectivity index (χ2n) is 20.3. The van der Waals surface area contributed by atoms with Crippen molar-refractivity contribution in [3.63, 3.8) is 0 Å². The summed E-state index contributed by atoms with van der Waals surface area (Å²) in [5.74, 6) is 3.25. The van der Waals surface area contributed by atoms with Crippen LogP contribution in [-0.2, 0) is 18.2 Å². The van der Waals surface area contributed by atoms with Crippen molar-refractivity contribution in [2.24, 2.45) is 35.0 Å². The van der Waals surface area contributed by atoms with Crippen molar-refractivity contribution in [3.05, 3.63) is 72.3 Å². The average Bonchev–Trinajstić information content (AvgIpc) is 3.56. The Kier molecular flexibility index (Phi) is 17.7. The summed E-state index contributed by atoms with van der Waals surface area (Å²) in [6.45, 7) is 28.0. The van der Waals surface area contributed by atoms with Crippen molar-refractivity contribution in [2.75, 3.05) is 12.4 Å². The van der Waals surface area contributed by atoms with Crippen LogP contribution >= 0.6 is 18.9 Å². The molecule has 0 amide bonds. The molecule has 58 heavy (non-hydrogen) atoms. The van der Waals surface area contributed by atoms with Gasteiger partial charge < -0.3 is 13.4 Å². The van der Waals surface area contributed by atoms with E-state index in [1.165, 1.54) is 49.4 Å². The molecule has 0 saturated heterocycles. The molecule has 3 aliphatic carbocycles. The molecule has 0 radical (unpaired) electrons. The summed E-state index contributed by atoms with van der Waals surface area (Å²) in [5, 5.41) is 1.88. The molecule has 5 rings (SSSR count). The second kappa shape index (κ2) is 20.8. The van der Waals surface area contributed by atoms with Crippen molar-refractivity contribution in [1.82, 2.24) is 0 Å². The highest BCUT2D eigenvalue weighted by Gasteiger charge is 2.52. The van der Waals surface area contributed by atoms with Crippen LogP contribution in [0.2, 0.25) is 37.8 Å². The van der Waals surface area contributed by atoms with Gasteiger partial charge in [-0.05, 0) is 132 Å². The Labute approximate surface area is 362 Å². The minimum atomic E-state index is -2.71. The van der Waals surface area contributed by atoms with Crippen LogP contribution in [-0.4, -0.2) is 45.4 Å². The summed E-state index contributed by atoms with van der Waals surface area (Å²) >= 11 is 1.89. The van der Waals surface area contributed by atoms with E-state index in [1.54, 1.807) is 0 Å². The Morgan fingerprint density at radius 3 is 1.93 bits per heavy atom. The molecule has 4 nitrogen and oxygen atoms in total. The number of thioether (sulfide) groups is 1. The third kappa shape index (κ3) is 11.8. The van der Waals surface area contributed by atoms with E-state index in [4.69, 9.17) is 8.85 Å². The molecule has 0 bridgehead atoms. The largest absolute Gasteiger partial charge is 0.412 e. The van der Waals surface area contributed by atoms with E-state index in [0.717, 1.165) is 61.0 Å². The number of allylic oxidation sites excluding steroid dienone is 2. The van der Waals surface area contributed by atoms with Gasteiger partial charge in [0.2, 0.25) is 0 Å². The smallest absolute Gasteiger partial charge is 0.192 e. The summed E-state index contributed by atoms with van der Waals surface area (Å²) in [4.78, 5) is 12.3. The van der Waals surface area contributed by atoms with Crippen LogP contribution in [0, 0.1) is 35.0 Å². The lowest BCUT2D eigenvalue weighted by atomic mass is 9.62. The normalized spacial score (nSPS) is 27.4. The van der Waals surface area contributed by atoms with Crippen LogP contribution < -0.4 is 10.6 Å². The molecule has 0 aliphatic heterocycles. The molecule has 2 aromatic carbocycles. The van der Waals surface area contributed by atoms with Gasteiger partial charge >= 0.3 is 0 Å². The fourth-order valence-corrected chi connectivity index (χ4v) is 20.6. The average molecular weight is 867 g/mol. The molecule has 0 aromatic heterocycles. The van der Waals surface area contributed by atoms with E-state index in [1.807, 2.05) is 72.4 Å². The van der Waals surface area contributed by atoms with Gasteiger partial charge in [0.25, 0.3) is 0 Å². The topological polar surface area (TPSA) is 52.6 Å². The van der Waals surface area contributed by atoms with Gasteiger partial charge in [0.15, 0.2) is 16.6 Å². The fourth-order valence-electron chi connectivity index (χ4n) is 11.4. The van der Waals surface area contributed by atoms with Crippen molar-refractivity contribution >= 4 is 51.9 Å². The predicted octanol–water partition coefficient (Wildman–Crippen LogP) is 14.3. The van der Waals surface area contributed by atoms with Gasteiger partial charge in [-0.15, -0.1) is 11.8 Å². The van der Waals surface area contributed by atoms with E-state index in [-0.39, 0.29) is 15.9 Å². The van der Waals surface area contributed by atoms with Crippen molar-refractivity contribution in [1.29, 1.82) is 0 Å². The number of hydrogen-bond donors (Lipinski definition) is 0. The first-order valence-electron chi connectivity index (χ1n) is 23.1. The van der Waals surface area contributed by atoms with Gasteiger partial charge in [-0.25, -0.2) is 0 Å². The van der Waals surface area contributed by atoms with Crippen molar-refractivity contribution in [2.45, 2.75) is 175 Å². The van der Waals surface area contributed by atoms with Gasteiger partial charge in [-0.3, -0.25) is 4.79 Å². The number of carbonyl (C=O) groups excluding carboxylic acids is 1. The highest BCUT2D eigenvalue weighted by molar-refractivity contribution is 7.99. The first-order valence-corrected chi connectivity index (χ1v) is 32.2. The van der Waals surface area contributed by atoms with Crippen LogP contribution in [0.25, 0.3) is 0 Å². The number of hydrogen-bond acceptors (Lipinski definition) is 5. The van der Waals surface area contributed by atoms with Gasteiger partial charge in [0.1, 0.15) is 17.9 Å². The number of Topliss-reactive ketones (excluding diaryl/α,β-unsaturated/α-hetero) is 1. The van der Waals surface area contributed by atoms with Crippen molar-refractivity contribution in [3.8, 4) is 0 Å². The number of carbonyl (C=O) groups is 1. The molecule has 8 heteroatoms. The third-order valence-electron chi connectivity index (χ3n) is 14.8. The Morgan fingerprint density at radius 2 is 1.45 bits per heavy atom. The summed E-state index contributed by atoms with van der Waals surface area (Å²) in [7, 11) is -5.91. The molecular formula is C50H83O4PSSi2. The molecular weight excluding hydrogens is 784 g/mol. The lowest BCUT2D eigenvalue weighted by Gasteiger charge is -2.50. The molecule has 3 saturated carbocycles. The SMILES string of the molecule is CC[Si](CC)(CC)OC(C)(C)CCC[C@H](C)C1CCC2C(=O)CCC[C@@]21C.CSC1(O[Si](C)(C)C)[C@H](C)CC(=CCP(=O)(c2ccccc2)c2ccccc2)C[C@H]1C. The lowest BCUT2D eigenvalue weighted by Crippen LogP contribution is -2.51. The molecule has 3 fully saturated rings. The van der Waals surface area contributed by atoms with E-state index in [0.29, 0.717) is 29.7 Å². The van der Waals surface area contributed by atoms with Gasteiger partial charge in [0.05, 0.1) is 5.60 Å². The monoisotopic (exact) mass is 867 g/mol. The van der Waals surface area contributed by atoms with Gasteiger partial charge in [0, 0.05) is 29.1 Å². The van der Waals surface area contributed by atoms with E-state index in [9.17, 15) is 9.36 Å². The van der Waals surface area contributed by atoms with Crippen LogP contribution in [0.5, 0.6) is 0 Å². The summed E-state index contributed by atoms with van der Waals surface area (Å²) < 4.78 is 27.9. The first-order chi connectivity index (χ1) is 27.2. The molecule has 0 spiro atoms. The summed E-state index contributed by atoms with van der Waals surface area (Å²) in [5.41, 5.74) is 1.72. The quantitative estimate of drug-likeness (QED) is 0.0686. The number of rotatable bonds is 17. The van der Waals surface area contributed by atoms with Crippen LogP contribution in [0.4, 0.5) is 0 Å². The molecule has 6 atom stereocenters. The van der Waals surface area contributed by atoms with E-state index < -0.39 is 23.8 Å². The Bertz CT molecular complexity index is 1600. The molecule has 3 aliphatic rings. The summed E-state index contributed by atoms with van der Waals surface area (Å²) in [6.07, 6.45) is 16.4. The molecule has 0 heterocycles. The van der Waals surface area contributed by atoms with Crippen molar-refractivity contribution < 1.29 is 18.2 Å². The summed E-state index contributed by atoms with van der Waals surface area (Å²) in [6, 6.07) is 23.7. The predicted molar refractivity (Wildman–Crippen MR) is 260 cm³/mol.